The Kier molecular flexibility index (Phi) is 7.02. The van der Waals surface area contributed by atoms with Crippen LogP contribution >= 0.6 is 0 Å². The summed E-state index contributed by atoms with van der Waals surface area (Å²) in [5.74, 6) is -0.459. The van der Waals surface area contributed by atoms with Gasteiger partial charge in [0.2, 0.25) is 0 Å². The molecule has 0 aliphatic heterocycles. The number of carbonyl (C=O) groups is 2. The first-order valence-electron chi connectivity index (χ1n) is 9.44. The van der Waals surface area contributed by atoms with Crippen LogP contribution < -0.4 is 11.1 Å². The van der Waals surface area contributed by atoms with Crippen molar-refractivity contribution in [2.45, 2.75) is 63.8 Å². The number of alkyl carbamates (subject to hydrolysis) is 1. The van der Waals surface area contributed by atoms with Gasteiger partial charge >= 0.3 is 18.4 Å². The van der Waals surface area contributed by atoms with Crippen molar-refractivity contribution in [2.24, 2.45) is 11.7 Å². The van der Waals surface area contributed by atoms with Gasteiger partial charge in [0.25, 0.3) is 0 Å². The van der Waals surface area contributed by atoms with Crippen LogP contribution in [-0.4, -0.2) is 30.4 Å². The molecule has 2 amide bonds. The van der Waals surface area contributed by atoms with E-state index in [1.807, 2.05) is 0 Å². The number of nitrogens with one attached hydrogen (secondary N) is 1. The summed E-state index contributed by atoms with van der Waals surface area (Å²) in [5.41, 5.74) is 4.26. The van der Waals surface area contributed by atoms with Crippen molar-refractivity contribution in [1.29, 1.82) is 0 Å². The Balaban J connectivity index is 2.13. The number of hydrogen-bond donors (Lipinski definition) is 2. The quantitative estimate of drug-likeness (QED) is 0.752. The summed E-state index contributed by atoms with van der Waals surface area (Å²) in [4.78, 5) is 23.2. The lowest BCUT2D eigenvalue weighted by Crippen LogP contribution is -2.47. The minimum Gasteiger partial charge on any atom is -0.449 e. The predicted molar refractivity (Wildman–Crippen MR) is 100 cm³/mol. The highest BCUT2D eigenvalue weighted by Gasteiger charge is 2.35. The molecule has 0 radical (unpaired) electrons. The lowest BCUT2D eigenvalue weighted by molar-refractivity contribution is -0.137. The van der Waals surface area contributed by atoms with Gasteiger partial charge in [-0.25, -0.2) is 9.59 Å². The van der Waals surface area contributed by atoms with Gasteiger partial charge in [-0.1, -0.05) is 18.2 Å². The Morgan fingerprint density at radius 3 is 2.48 bits per heavy atom. The van der Waals surface area contributed by atoms with Gasteiger partial charge in [0.05, 0.1) is 12.2 Å². The molecule has 1 saturated carbocycles. The maximum absolute atomic E-state index is 13.0. The lowest BCUT2D eigenvalue weighted by Gasteiger charge is -2.36. The fraction of sp³-hybridized carbons (Fsp3) is 0.600. The molecule has 29 heavy (non-hydrogen) atoms. The number of primary amides is 1. The minimum atomic E-state index is -4.42. The molecule has 1 aliphatic carbocycles. The van der Waals surface area contributed by atoms with Crippen LogP contribution in [0.1, 0.15) is 57.1 Å². The van der Waals surface area contributed by atoms with Crippen molar-refractivity contribution in [3.8, 4) is 0 Å². The fourth-order valence-electron chi connectivity index (χ4n) is 3.56. The van der Waals surface area contributed by atoms with Gasteiger partial charge in [-0.05, 0) is 57.6 Å². The van der Waals surface area contributed by atoms with E-state index in [0.29, 0.717) is 24.8 Å². The summed E-state index contributed by atoms with van der Waals surface area (Å²) in [5, 5.41) is 2.78. The molecular formula is C20H27F3N2O4. The van der Waals surface area contributed by atoms with Crippen molar-refractivity contribution in [3.05, 3.63) is 35.4 Å². The average molecular weight is 416 g/mol. The second-order valence-electron chi connectivity index (χ2n) is 8.28. The van der Waals surface area contributed by atoms with Crippen LogP contribution in [0.25, 0.3) is 0 Å². The average Bonchev–Trinajstić information content (AvgIpc) is 2.58. The number of ether oxygens (including phenoxy) is 2. The summed E-state index contributed by atoms with van der Waals surface area (Å²) in [6.07, 6.45) is -4.43. The molecule has 1 aromatic rings. The van der Waals surface area contributed by atoms with Crippen molar-refractivity contribution in [2.75, 3.05) is 6.61 Å². The van der Waals surface area contributed by atoms with Gasteiger partial charge in [0.15, 0.2) is 0 Å². The van der Waals surface area contributed by atoms with E-state index < -0.39 is 29.5 Å². The first-order valence-corrected chi connectivity index (χ1v) is 9.44. The molecule has 9 heteroatoms. The van der Waals surface area contributed by atoms with Gasteiger partial charge < -0.3 is 20.5 Å². The minimum absolute atomic E-state index is 0.0364. The molecule has 0 bridgehead atoms. The van der Waals surface area contributed by atoms with E-state index in [1.165, 1.54) is 6.07 Å². The molecule has 0 saturated heterocycles. The largest absolute Gasteiger partial charge is 0.449 e. The van der Waals surface area contributed by atoms with Crippen molar-refractivity contribution >= 4 is 12.2 Å². The number of hydrogen-bond acceptors (Lipinski definition) is 4. The molecule has 0 unspecified atom stereocenters. The maximum atomic E-state index is 13.0. The zero-order valence-electron chi connectivity index (χ0n) is 16.7. The van der Waals surface area contributed by atoms with Crippen molar-refractivity contribution in [1.82, 2.24) is 5.32 Å². The summed E-state index contributed by atoms with van der Waals surface area (Å²) >= 11 is 0. The standard InChI is InChI=1S/C20H27F3N2O4/c1-19(2,3)29-18(27)25-16-8-7-13(9-14(16)11-28-17(24)26)12-5-4-6-15(10-12)20(21,22)23/h4-6,10,13-14,16H,7-9,11H2,1-3H3,(H2,24,26)(H,25,27)/t13-,14+,16-/m0/s1. The third-order valence-electron chi connectivity index (χ3n) is 4.81. The number of rotatable bonds is 4. The first-order chi connectivity index (χ1) is 13.3. The van der Waals surface area contributed by atoms with E-state index in [2.05, 4.69) is 5.32 Å². The Morgan fingerprint density at radius 2 is 1.90 bits per heavy atom. The molecule has 3 atom stereocenters. The number of benzene rings is 1. The van der Waals surface area contributed by atoms with Crippen LogP contribution in [0.3, 0.4) is 0 Å². The second kappa shape index (κ2) is 8.92. The number of carbonyl (C=O) groups excluding carboxylic acids is 2. The van der Waals surface area contributed by atoms with Crippen LogP contribution in [-0.2, 0) is 15.7 Å². The second-order valence-corrected chi connectivity index (χ2v) is 8.28. The summed E-state index contributed by atoms with van der Waals surface area (Å²) < 4.78 is 49.3. The number of halogens is 3. The predicted octanol–water partition coefficient (Wildman–Crippen LogP) is 4.58. The topological polar surface area (TPSA) is 90.7 Å². The van der Waals surface area contributed by atoms with Crippen LogP contribution in [0.5, 0.6) is 0 Å². The first kappa shape index (κ1) is 22.8. The molecule has 6 nitrogen and oxygen atoms in total. The molecule has 0 spiro atoms. The van der Waals surface area contributed by atoms with E-state index in [-0.39, 0.29) is 24.5 Å². The zero-order chi connectivity index (χ0) is 21.8. The van der Waals surface area contributed by atoms with Crippen LogP contribution in [0, 0.1) is 5.92 Å². The normalized spacial score (nSPS) is 22.6. The van der Waals surface area contributed by atoms with Crippen LogP contribution in [0.2, 0.25) is 0 Å². The number of nitrogens with two attached hydrogens (primary N) is 1. The SMILES string of the molecule is CC(C)(C)OC(=O)N[C@H]1CC[C@H](c2cccc(C(F)(F)F)c2)C[C@@H]1COC(N)=O. The molecule has 0 aromatic heterocycles. The Morgan fingerprint density at radius 1 is 1.21 bits per heavy atom. The van der Waals surface area contributed by atoms with Gasteiger partial charge in [0, 0.05) is 12.0 Å². The number of amides is 2. The van der Waals surface area contributed by atoms with Crippen molar-refractivity contribution in [3.63, 3.8) is 0 Å². The Bertz CT molecular complexity index is 731. The van der Waals surface area contributed by atoms with Gasteiger partial charge in [0.1, 0.15) is 5.60 Å². The van der Waals surface area contributed by atoms with Crippen LogP contribution in [0.15, 0.2) is 24.3 Å². The highest BCUT2D eigenvalue weighted by Crippen LogP contribution is 2.39. The molecule has 162 valence electrons. The molecule has 1 aliphatic rings. The fourth-order valence-corrected chi connectivity index (χ4v) is 3.56. The summed E-state index contributed by atoms with van der Waals surface area (Å²) in [7, 11) is 0. The summed E-state index contributed by atoms with van der Waals surface area (Å²) in [6, 6.07) is 4.89. The third-order valence-corrected chi connectivity index (χ3v) is 4.81. The molecule has 0 heterocycles. The molecule has 3 N–H and O–H groups in total. The van der Waals surface area contributed by atoms with E-state index in [4.69, 9.17) is 15.2 Å². The highest BCUT2D eigenvalue weighted by atomic mass is 19.4. The molecular weight excluding hydrogens is 389 g/mol. The maximum Gasteiger partial charge on any atom is 0.416 e. The molecule has 1 fully saturated rings. The Labute approximate surface area is 167 Å². The highest BCUT2D eigenvalue weighted by molar-refractivity contribution is 5.68. The third kappa shape index (κ3) is 7.14. The number of alkyl halides is 3. The zero-order valence-corrected chi connectivity index (χ0v) is 16.7. The van der Waals surface area contributed by atoms with E-state index >= 15 is 0 Å². The smallest absolute Gasteiger partial charge is 0.416 e. The van der Waals surface area contributed by atoms with E-state index in [9.17, 15) is 22.8 Å². The summed E-state index contributed by atoms with van der Waals surface area (Å²) in [6.45, 7) is 5.19. The van der Waals surface area contributed by atoms with Crippen LogP contribution in [0.4, 0.5) is 22.8 Å². The van der Waals surface area contributed by atoms with Gasteiger partial charge in [-0.3, -0.25) is 0 Å². The van der Waals surface area contributed by atoms with Gasteiger partial charge in [-0.15, -0.1) is 0 Å². The Hall–Kier alpha value is -2.45. The van der Waals surface area contributed by atoms with E-state index in [0.717, 1.165) is 12.1 Å². The van der Waals surface area contributed by atoms with Crippen molar-refractivity contribution < 1.29 is 32.2 Å². The monoisotopic (exact) mass is 416 g/mol. The molecule has 2 rings (SSSR count). The molecule has 1 aromatic carbocycles. The van der Waals surface area contributed by atoms with E-state index in [1.54, 1.807) is 26.8 Å². The van der Waals surface area contributed by atoms with Gasteiger partial charge in [-0.2, -0.15) is 13.2 Å². The lowest BCUT2D eigenvalue weighted by atomic mass is 9.75.